The zero-order valence-electron chi connectivity index (χ0n) is 19.8. The summed E-state index contributed by atoms with van der Waals surface area (Å²) in [7, 11) is 0. The Kier molecular flexibility index (Phi) is 6.50. The van der Waals surface area contributed by atoms with Crippen LogP contribution in [0.4, 0.5) is 4.39 Å². The van der Waals surface area contributed by atoms with Crippen molar-refractivity contribution in [1.82, 2.24) is 15.3 Å². The lowest BCUT2D eigenvalue weighted by Gasteiger charge is -2.22. The van der Waals surface area contributed by atoms with Crippen molar-refractivity contribution in [1.29, 1.82) is 0 Å². The molecule has 0 saturated heterocycles. The summed E-state index contributed by atoms with van der Waals surface area (Å²) in [5, 5.41) is 13.8. The van der Waals surface area contributed by atoms with Crippen molar-refractivity contribution in [3.8, 4) is 16.9 Å². The quantitative estimate of drug-likeness (QED) is 0.267. The van der Waals surface area contributed by atoms with Crippen LogP contribution in [-0.4, -0.2) is 21.0 Å². The first-order valence-corrected chi connectivity index (χ1v) is 11.8. The minimum Gasteiger partial charge on any atom is -0.508 e. The van der Waals surface area contributed by atoms with Gasteiger partial charge in [0.2, 0.25) is 5.91 Å². The van der Waals surface area contributed by atoms with Crippen molar-refractivity contribution in [2.24, 2.45) is 0 Å². The predicted molar refractivity (Wildman–Crippen MR) is 139 cm³/mol. The van der Waals surface area contributed by atoms with Crippen LogP contribution in [0, 0.1) is 12.7 Å². The van der Waals surface area contributed by atoms with Gasteiger partial charge in [-0.2, -0.15) is 0 Å². The Labute approximate surface area is 208 Å². The van der Waals surface area contributed by atoms with Gasteiger partial charge >= 0.3 is 0 Å². The molecule has 2 aromatic heterocycles. The number of benzene rings is 3. The molecule has 3 N–H and O–H groups in total. The van der Waals surface area contributed by atoms with Crippen molar-refractivity contribution >= 4 is 16.8 Å². The van der Waals surface area contributed by atoms with Gasteiger partial charge in [-0.15, -0.1) is 0 Å². The average Bonchev–Trinajstić information content (AvgIpc) is 3.25. The SMILES string of the molecule is Cc1ccccc1-c1cccnc1[C@H](Cc1cccc(F)c1)NC(=O)Cc1c[nH]c2ccc(O)cc12. The number of fused-ring (bicyclic) bond motifs is 1. The maximum Gasteiger partial charge on any atom is 0.225 e. The number of phenolic OH excluding ortho intramolecular Hbond substituents is 1. The van der Waals surface area contributed by atoms with E-state index in [4.69, 9.17) is 0 Å². The molecule has 3 aromatic carbocycles. The summed E-state index contributed by atoms with van der Waals surface area (Å²) >= 11 is 0. The molecule has 180 valence electrons. The number of aromatic nitrogens is 2. The minimum absolute atomic E-state index is 0.121. The largest absolute Gasteiger partial charge is 0.508 e. The Balaban J connectivity index is 1.49. The number of carbonyl (C=O) groups is 1. The molecule has 0 spiro atoms. The lowest BCUT2D eigenvalue weighted by Crippen LogP contribution is -2.32. The van der Waals surface area contributed by atoms with E-state index in [0.29, 0.717) is 6.42 Å². The molecule has 5 nitrogen and oxygen atoms in total. The molecule has 0 saturated carbocycles. The third-order valence-corrected chi connectivity index (χ3v) is 6.37. The van der Waals surface area contributed by atoms with Crippen LogP contribution in [0.15, 0.2) is 91.3 Å². The summed E-state index contributed by atoms with van der Waals surface area (Å²) in [5.74, 6) is -0.373. The molecule has 5 aromatic rings. The summed E-state index contributed by atoms with van der Waals surface area (Å²) in [5.41, 5.74) is 6.17. The van der Waals surface area contributed by atoms with Gasteiger partial charge in [0.05, 0.1) is 18.2 Å². The Bertz CT molecular complexity index is 1540. The van der Waals surface area contributed by atoms with Gasteiger partial charge in [-0.1, -0.05) is 42.5 Å². The maximum atomic E-state index is 14.0. The third-order valence-electron chi connectivity index (χ3n) is 6.37. The van der Waals surface area contributed by atoms with E-state index in [1.165, 1.54) is 12.1 Å². The summed E-state index contributed by atoms with van der Waals surface area (Å²) in [4.78, 5) is 21.1. The fraction of sp³-hybridized carbons (Fsp3) is 0.133. The first kappa shape index (κ1) is 23.3. The molecular formula is C30H26FN3O2. The van der Waals surface area contributed by atoms with E-state index in [1.807, 2.05) is 49.4 Å². The number of hydrogen-bond donors (Lipinski definition) is 3. The highest BCUT2D eigenvalue weighted by Gasteiger charge is 2.22. The highest BCUT2D eigenvalue weighted by Crippen LogP contribution is 2.31. The molecule has 0 unspecified atom stereocenters. The predicted octanol–water partition coefficient (Wildman–Crippen LogP) is 6.03. The molecule has 0 bridgehead atoms. The Morgan fingerprint density at radius 1 is 1.03 bits per heavy atom. The Hall–Kier alpha value is -4.45. The second kappa shape index (κ2) is 10.0. The van der Waals surface area contributed by atoms with Gasteiger partial charge in [0.25, 0.3) is 0 Å². The second-order valence-corrected chi connectivity index (χ2v) is 8.93. The Morgan fingerprint density at radius 3 is 2.69 bits per heavy atom. The van der Waals surface area contributed by atoms with Gasteiger partial charge in [0, 0.05) is 28.9 Å². The Morgan fingerprint density at radius 2 is 1.86 bits per heavy atom. The third kappa shape index (κ3) is 4.98. The highest BCUT2D eigenvalue weighted by atomic mass is 19.1. The van der Waals surface area contributed by atoms with E-state index in [1.54, 1.807) is 36.7 Å². The van der Waals surface area contributed by atoms with E-state index in [0.717, 1.165) is 44.4 Å². The number of amides is 1. The molecule has 1 amide bonds. The smallest absolute Gasteiger partial charge is 0.225 e. The molecule has 36 heavy (non-hydrogen) atoms. The minimum atomic E-state index is -0.478. The first-order valence-electron chi connectivity index (χ1n) is 11.8. The van der Waals surface area contributed by atoms with Crippen LogP contribution in [0.3, 0.4) is 0 Å². The number of aromatic amines is 1. The van der Waals surface area contributed by atoms with Gasteiger partial charge in [-0.05, 0) is 72.0 Å². The lowest BCUT2D eigenvalue weighted by molar-refractivity contribution is -0.121. The normalized spacial score (nSPS) is 11.9. The summed E-state index contributed by atoms with van der Waals surface area (Å²) < 4.78 is 14.0. The van der Waals surface area contributed by atoms with Gasteiger partial charge in [-0.25, -0.2) is 4.39 Å². The topological polar surface area (TPSA) is 78.0 Å². The molecule has 0 radical (unpaired) electrons. The fourth-order valence-electron chi connectivity index (χ4n) is 4.64. The van der Waals surface area contributed by atoms with Crippen LogP contribution in [0.2, 0.25) is 0 Å². The molecule has 1 atom stereocenters. The highest BCUT2D eigenvalue weighted by molar-refractivity contribution is 5.90. The number of aryl methyl sites for hydroxylation is 1. The fourth-order valence-corrected chi connectivity index (χ4v) is 4.64. The first-order chi connectivity index (χ1) is 17.5. The molecule has 0 aliphatic rings. The molecule has 0 aliphatic heterocycles. The number of phenols is 1. The molecule has 5 rings (SSSR count). The van der Waals surface area contributed by atoms with Crippen LogP contribution in [0.5, 0.6) is 5.75 Å². The molecule has 6 heteroatoms. The van der Waals surface area contributed by atoms with Gasteiger partial charge in [0.1, 0.15) is 11.6 Å². The number of rotatable bonds is 7. The number of nitrogens with one attached hydrogen (secondary N) is 2. The average molecular weight is 480 g/mol. The number of hydrogen-bond acceptors (Lipinski definition) is 3. The van der Waals surface area contributed by atoms with Crippen LogP contribution < -0.4 is 5.32 Å². The zero-order chi connectivity index (χ0) is 25.1. The van der Waals surface area contributed by atoms with Crippen LogP contribution in [0.1, 0.15) is 28.4 Å². The number of halogens is 1. The van der Waals surface area contributed by atoms with Gasteiger partial charge in [0.15, 0.2) is 0 Å². The van der Waals surface area contributed by atoms with Gasteiger partial charge < -0.3 is 15.4 Å². The van der Waals surface area contributed by atoms with Crippen molar-refractivity contribution in [3.63, 3.8) is 0 Å². The van der Waals surface area contributed by atoms with E-state index in [2.05, 4.69) is 15.3 Å². The van der Waals surface area contributed by atoms with E-state index in [9.17, 15) is 14.3 Å². The number of carbonyl (C=O) groups excluding carboxylic acids is 1. The molecule has 2 heterocycles. The summed E-state index contributed by atoms with van der Waals surface area (Å²) in [6.07, 6.45) is 4.00. The molecule has 0 fully saturated rings. The van der Waals surface area contributed by atoms with Gasteiger partial charge in [-0.3, -0.25) is 9.78 Å². The van der Waals surface area contributed by atoms with E-state index >= 15 is 0 Å². The zero-order valence-corrected chi connectivity index (χ0v) is 19.8. The second-order valence-electron chi connectivity index (χ2n) is 8.93. The molecule has 0 aliphatic carbocycles. The summed E-state index contributed by atoms with van der Waals surface area (Å²) in [6.45, 7) is 2.04. The van der Waals surface area contributed by atoms with Crippen LogP contribution in [-0.2, 0) is 17.6 Å². The van der Waals surface area contributed by atoms with Crippen molar-refractivity contribution in [2.75, 3.05) is 0 Å². The number of pyridine rings is 1. The number of H-pyrrole nitrogens is 1. The lowest BCUT2D eigenvalue weighted by atomic mass is 9.93. The van der Waals surface area contributed by atoms with E-state index < -0.39 is 6.04 Å². The van der Waals surface area contributed by atoms with Crippen LogP contribution >= 0.6 is 0 Å². The maximum absolute atomic E-state index is 14.0. The van der Waals surface area contributed by atoms with Crippen molar-refractivity contribution in [2.45, 2.75) is 25.8 Å². The van der Waals surface area contributed by atoms with Crippen molar-refractivity contribution < 1.29 is 14.3 Å². The molecular weight excluding hydrogens is 453 g/mol. The standard InChI is InChI=1S/C30H26FN3O2/c1-19-6-2-3-9-24(19)25-10-5-13-32-30(25)28(15-20-7-4-8-22(31)14-20)34-29(36)16-21-18-33-27-12-11-23(35)17-26(21)27/h2-14,17-18,28,33,35H,15-16H2,1H3,(H,34,36)/t28-/m0/s1. The van der Waals surface area contributed by atoms with E-state index in [-0.39, 0.29) is 23.9 Å². The van der Waals surface area contributed by atoms with Crippen molar-refractivity contribution in [3.05, 3.63) is 119 Å². The number of nitrogens with zero attached hydrogens (tertiary/aromatic N) is 1. The summed E-state index contributed by atoms with van der Waals surface area (Å²) in [6, 6.07) is 22.9. The monoisotopic (exact) mass is 479 g/mol. The number of aromatic hydroxyl groups is 1. The van der Waals surface area contributed by atoms with Crippen LogP contribution in [0.25, 0.3) is 22.0 Å².